The molecule has 11 nitrogen and oxygen atoms in total. The number of halogens is 6. The van der Waals surface area contributed by atoms with Crippen molar-refractivity contribution in [2.75, 3.05) is 31.6 Å². The molecule has 2 saturated heterocycles. The Labute approximate surface area is 217 Å². The van der Waals surface area contributed by atoms with E-state index in [0.29, 0.717) is 18.4 Å². The van der Waals surface area contributed by atoms with E-state index < -0.39 is 24.3 Å². The zero-order chi connectivity index (χ0) is 29.4. The number of carboxylic acids is 2. The smallest absolute Gasteiger partial charge is 0.475 e. The van der Waals surface area contributed by atoms with Crippen molar-refractivity contribution in [2.24, 2.45) is 24.8 Å². The number of hydrogen-bond donors (Lipinski definition) is 3. The zero-order valence-corrected chi connectivity index (χ0v) is 20.3. The molecule has 2 aliphatic rings. The van der Waals surface area contributed by atoms with E-state index in [2.05, 4.69) is 20.3 Å². The van der Waals surface area contributed by atoms with Gasteiger partial charge in [-0.05, 0) is 24.0 Å². The average Bonchev–Trinajstić information content (AvgIpc) is 3.44. The van der Waals surface area contributed by atoms with Crippen molar-refractivity contribution in [2.45, 2.75) is 18.9 Å². The molecular formula is C22H25F6N5O6. The molecule has 2 aromatic heterocycles. The Morgan fingerprint density at radius 2 is 1.67 bits per heavy atom. The van der Waals surface area contributed by atoms with Crippen molar-refractivity contribution in [1.29, 1.82) is 0 Å². The number of anilines is 1. The second-order valence-electron chi connectivity index (χ2n) is 8.62. The van der Waals surface area contributed by atoms with Crippen LogP contribution >= 0.6 is 0 Å². The molecule has 2 fully saturated rings. The van der Waals surface area contributed by atoms with Crippen LogP contribution in [0.2, 0.25) is 0 Å². The lowest BCUT2D eigenvalue weighted by Crippen LogP contribution is -2.41. The number of fused-ring (bicyclic) bond motifs is 1. The predicted molar refractivity (Wildman–Crippen MR) is 120 cm³/mol. The Hall–Kier alpha value is -3.73. The van der Waals surface area contributed by atoms with Crippen molar-refractivity contribution in [3.63, 3.8) is 0 Å². The van der Waals surface area contributed by atoms with Gasteiger partial charge in [0.25, 0.3) is 0 Å². The van der Waals surface area contributed by atoms with Crippen LogP contribution in [0.15, 0.2) is 36.9 Å². The molecule has 0 spiro atoms. The number of alkyl halides is 6. The van der Waals surface area contributed by atoms with Crippen LogP contribution < -0.4 is 5.32 Å². The maximum absolute atomic E-state index is 12.7. The highest BCUT2D eigenvalue weighted by molar-refractivity contribution is 5.92. The van der Waals surface area contributed by atoms with Crippen molar-refractivity contribution >= 4 is 23.5 Å². The van der Waals surface area contributed by atoms with E-state index in [1.54, 1.807) is 12.4 Å². The van der Waals surface area contributed by atoms with E-state index in [4.69, 9.17) is 24.5 Å². The van der Waals surface area contributed by atoms with Gasteiger partial charge in [-0.15, -0.1) is 0 Å². The lowest BCUT2D eigenvalue weighted by molar-refractivity contribution is -0.193. The van der Waals surface area contributed by atoms with Gasteiger partial charge < -0.3 is 20.3 Å². The average molecular weight is 569 g/mol. The minimum Gasteiger partial charge on any atom is -0.475 e. The maximum Gasteiger partial charge on any atom is 0.490 e. The van der Waals surface area contributed by atoms with Gasteiger partial charge >= 0.3 is 24.3 Å². The number of likely N-dealkylation sites (tertiary alicyclic amines) is 1. The van der Waals surface area contributed by atoms with Crippen LogP contribution in [0.25, 0.3) is 0 Å². The largest absolute Gasteiger partial charge is 0.490 e. The molecule has 3 N–H and O–H groups in total. The highest BCUT2D eigenvalue weighted by Gasteiger charge is 2.44. The highest BCUT2D eigenvalue weighted by atomic mass is 19.4. The van der Waals surface area contributed by atoms with Crippen LogP contribution in [-0.4, -0.2) is 86.4 Å². The van der Waals surface area contributed by atoms with E-state index in [1.165, 1.54) is 5.56 Å². The number of ether oxygens (including phenoxy) is 1. The SMILES string of the molecule is Cn1cc(CN2C[C@@H]3COC[C@H](C(=O)Nc4cccnc4)[C@@H]3C2)cn1.O=C(O)C(F)(F)F.O=C(O)C(F)(F)F. The fourth-order valence-electron chi connectivity index (χ4n) is 3.97. The first-order chi connectivity index (χ1) is 18.1. The highest BCUT2D eigenvalue weighted by Crippen LogP contribution is 2.35. The molecule has 39 heavy (non-hydrogen) atoms. The summed E-state index contributed by atoms with van der Waals surface area (Å²) in [5.74, 6) is -4.85. The van der Waals surface area contributed by atoms with Crippen LogP contribution in [0.3, 0.4) is 0 Å². The van der Waals surface area contributed by atoms with E-state index >= 15 is 0 Å². The molecule has 0 saturated carbocycles. The van der Waals surface area contributed by atoms with Gasteiger partial charge in [0, 0.05) is 44.6 Å². The Morgan fingerprint density at radius 3 is 2.15 bits per heavy atom. The number of aryl methyl sites for hydroxylation is 1. The molecular weight excluding hydrogens is 544 g/mol. The third kappa shape index (κ3) is 10.2. The summed E-state index contributed by atoms with van der Waals surface area (Å²) in [6, 6.07) is 3.68. The minimum absolute atomic E-state index is 0.0333. The van der Waals surface area contributed by atoms with Gasteiger partial charge in [-0.1, -0.05) is 0 Å². The molecule has 0 aliphatic carbocycles. The summed E-state index contributed by atoms with van der Waals surface area (Å²) >= 11 is 0. The molecule has 4 rings (SSSR count). The summed E-state index contributed by atoms with van der Waals surface area (Å²) in [6.07, 6.45) is -2.85. The predicted octanol–water partition coefficient (Wildman–Crippen LogP) is 2.41. The standard InChI is InChI=1S/C18H23N5O2.2C2HF3O2/c1-22-7-13(5-20-22)8-23-9-14-11-25-12-17(16(14)10-23)18(24)21-15-3-2-4-19-6-15;2*3-2(4,5)1(6)7/h2-7,14,16-17H,8-12H2,1H3,(H,21,24);2*(H,6,7)/t14-,16-,17+;;/m1../s1. The van der Waals surface area contributed by atoms with Crippen LogP contribution in [-0.2, 0) is 32.7 Å². The van der Waals surface area contributed by atoms with Crippen molar-refractivity contribution < 1.29 is 55.7 Å². The molecule has 0 radical (unpaired) electrons. The quantitative estimate of drug-likeness (QED) is 0.473. The fourth-order valence-corrected chi connectivity index (χ4v) is 3.97. The molecule has 3 atom stereocenters. The number of nitrogens with zero attached hydrogens (tertiary/aromatic N) is 4. The van der Waals surface area contributed by atoms with Crippen LogP contribution in [0.4, 0.5) is 32.0 Å². The van der Waals surface area contributed by atoms with Crippen molar-refractivity contribution in [3.05, 3.63) is 42.5 Å². The number of aromatic nitrogens is 3. The number of nitrogens with one attached hydrogen (secondary N) is 1. The molecule has 2 aliphatic heterocycles. The number of carboxylic acid groups (broad SMARTS) is 2. The number of carbonyl (C=O) groups is 3. The van der Waals surface area contributed by atoms with Gasteiger partial charge in [0.2, 0.25) is 5.91 Å². The monoisotopic (exact) mass is 569 g/mol. The molecule has 0 aromatic carbocycles. The number of pyridine rings is 1. The summed E-state index contributed by atoms with van der Waals surface area (Å²) in [5.41, 5.74) is 1.94. The molecule has 0 bridgehead atoms. The maximum atomic E-state index is 12.7. The zero-order valence-electron chi connectivity index (χ0n) is 20.3. The lowest BCUT2D eigenvalue weighted by atomic mass is 9.82. The Kier molecular flexibility index (Phi) is 10.8. The Bertz CT molecular complexity index is 1090. The summed E-state index contributed by atoms with van der Waals surface area (Å²) in [4.78, 5) is 37.0. The van der Waals surface area contributed by atoms with E-state index in [9.17, 15) is 31.1 Å². The Balaban J connectivity index is 0.000000317. The van der Waals surface area contributed by atoms with Crippen LogP contribution in [0, 0.1) is 17.8 Å². The Morgan fingerprint density at radius 1 is 1.05 bits per heavy atom. The molecule has 1 amide bonds. The minimum atomic E-state index is -5.08. The molecule has 216 valence electrons. The fraction of sp³-hybridized carbons (Fsp3) is 0.500. The first-order valence-electron chi connectivity index (χ1n) is 11.2. The summed E-state index contributed by atoms with van der Waals surface area (Å²) in [7, 11) is 1.93. The summed E-state index contributed by atoms with van der Waals surface area (Å²) in [5, 5.41) is 21.5. The molecule has 0 unspecified atom stereocenters. The van der Waals surface area contributed by atoms with E-state index in [-0.39, 0.29) is 11.8 Å². The third-order valence-electron chi connectivity index (χ3n) is 5.63. The number of aliphatic carboxylic acids is 2. The van der Waals surface area contributed by atoms with Gasteiger partial charge in [-0.25, -0.2) is 9.59 Å². The lowest BCUT2D eigenvalue weighted by Gasteiger charge is -2.32. The second kappa shape index (κ2) is 13.4. The topological polar surface area (TPSA) is 147 Å². The second-order valence-corrected chi connectivity index (χ2v) is 8.62. The van der Waals surface area contributed by atoms with Gasteiger partial charge in [0.1, 0.15) is 0 Å². The van der Waals surface area contributed by atoms with E-state index in [0.717, 1.165) is 31.9 Å². The van der Waals surface area contributed by atoms with Gasteiger partial charge in [0.15, 0.2) is 0 Å². The van der Waals surface area contributed by atoms with Gasteiger partial charge in [-0.3, -0.25) is 19.4 Å². The molecule has 17 heteroatoms. The number of amides is 1. The van der Waals surface area contributed by atoms with Gasteiger partial charge in [-0.2, -0.15) is 31.4 Å². The first kappa shape index (κ1) is 31.5. The van der Waals surface area contributed by atoms with Crippen LogP contribution in [0.1, 0.15) is 5.56 Å². The van der Waals surface area contributed by atoms with Crippen molar-refractivity contribution in [3.8, 4) is 0 Å². The normalized spacial score (nSPS) is 20.9. The molecule has 4 heterocycles. The number of carbonyl (C=O) groups excluding carboxylic acids is 1. The molecule has 2 aromatic rings. The number of rotatable bonds is 4. The van der Waals surface area contributed by atoms with Crippen molar-refractivity contribution in [1.82, 2.24) is 19.7 Å². The van der Waals surface area contributed by atoms with Gasteiger partial charge in [0.05, 0.1) is 37.2 Å². The first-order valence-corrected chi connectivity index (χ1v) is 11.2. The summed E-state index contributed by atoms with van der Waals surface area (Å²) in [6.45, 7) is 4.00. The van der Waals surface area contributed by atoms with E-state index in [1.807, 2.05) is 36.3 Å². The summed E-state index contributed by atoms with van der Waals surface area (Å²) < 4.78 is 71.0. The third-order valence-corrected chi connectivity index (χ3v) is 5.63. The van der Waals surface area contributed by atoms with Crippen LogP contribution in [0.5, 0.6) is 0 Å². The number of hydrogen-bond acceptors (Lipinski definition) is 7.